The van der Waals surface area contributed by atoms with Crippen molar-refractivity contribution in [2.75, 3.05) is 13.1 Å². The Morgan fingerprint density at radius 3 is 2.47 bits per heavy atom. The van der Waals surface area contributed by atoms with Gasteiger partial charge in [0.15, 0.2) is 0 Å². The number of hydrogen-bond acceptors (Lipinski definition) is 3. The first-order chi connectivity index (χ1) is 8.24. The molecule has 0 saturated heterocycles. The molecule has 0 aliphatic heterocycles. The summed E-state index contributed by atoms with van der Waals surface area (Å²) in [7, 11) is 0. The second kappa shape index (κ2) is 5.23. The Morgan fingerprint density at radius 2 is 2.00 bits per heavy atom. The lowest BCUT2D eigenvalue weighted by molar-refractivity contribution is -0.0374. The quantitative estimate of drug-likeness (QED) is 0.855. The number of rotatable bonds is 5. The molecule has 1 N–H and O–H groups in total. The van der Waals surface area contributed by atoms with E-state index >= 15 is 0 Å². The lowest BCUT2D eigenvalue weighted by Gasteiger charge is -2.43. The maximum Gasteiger partial charge on any atom is 0.134 e. The Labute approximate surface area is 103 Å². The molecule has 0 amide bonds. The van der Waals surface area contributed by atoms with E-state index in [1.807, 2.05) is 12.1 Å². The van der Waals surface area contributed by atoms with Crippen molar-refractivity contribution in [3.8, 4) is 0 Å². The van der Waals surface area contributed by atoms with Crippen molar-refractivity contribution in [2.45, 2.75) is 51.2 Å². The highest BCUT2D eigenvalue weighted by molar-refractivity contribution is 5.12. The third kappa shape index (κ3) is 2.14. The maximum atomic E-state index is 10.7. The first-order valence-corrected chi connectivity index (χ1v) is 6.71. The molecule has 1 unspecified atom stereocenters. The van der Waals surface area contributed by atoms with Crippen LogP contribution in [-0.4, -0.2) is 28.6 Å². The number of aliphatic hydroxyl groups excluding tert-OH is 1. The van der Waals surface area contributed by atoms with Crippen molar-refractivity contribution < 1.29 is 9.52 Å². The average molecular weight is 237 g/mol. The predicted molar refractivity (Wildman–Crippen MR) is 67.8 cm³/mol. The van der Waals surface area contributed by atoms with E-state index in [2.05, 4.69) is 18.7 Å². The van der Waals surface area contributed by atoms with E-state index in [0.717, 1.165) is 25.9 Å². The third-order valence-corrected chi connectivity index (χ3v) is 4.18. The van der Waals surface area contributed by atoms with Crippen LogP contribution >= 0.6 is 0 Å². The molecule has 1 aromatic heterocycles. The SMILES string of the molecule is CCN(CC)C1(C(O)c2ccco2)CCCC1. The van der Waals surface area contributed by atoms with Crippen LogP contribution in [0.15, 0.2) is 22.8 Å². The predicted octanol–water partition coefficient (Wildman–Crippen LogP) is 2.97. The average Bonchev–Trinajstić information content (AvgIpc) is 3.02. The molecule has 96 valence electrons. The standard InChI is InChI=1S/C14H23NO2/c1-3-15(4-2)14(9-5-6-10-14)13(16)12-8-7-11-17-12/h7-8,11,13,16H,3-6,9-10H2,1-2H3. The van der Waals surface area contributed by atoms with E-state index in [1.54, 1.807) is 6.26 Å². The summed E-state index contributed by atoms with van der Waals surface area (Å²) in [5, 5.41) is 10.7. The molecule has 0 bridgehead atoms. The van der Waals surface area contributed by atoms with Crippen LogP contribution in [0.4, 0.5) is 0 Å². The molecule has 0 aromatic carbocycles. The van der Waals surface area contributed by atoms with Crippen LogP contribution in [0.2, 0.25) is 0 Å². The maximum absolute atomic E-state index is 10.7. The monoisotopic (exact) mass is 237 g/mol. The normalized spacial score (nSPS) is 20.9. The van der Waals surface area contributed by atoms with Crippen LogP contribution < -0.4 is 0 Å². The summed E-state index contributed by atoms with van der Waals surface area (Å²) in [5.41, 5.74) is -0.110. The highest BCUT2D eigenvalue weighted by Gasteiger charge is 2.46. The van der Waals surface area contributed by atoms with Gasteiger partial charge >= 0.3 is 0 Å². The van der Waals surface area contributed by atoms with Crippen molar-refractivity contribution in [3.63, 3.8) is 0 Å². The molecule has 2 rings (SSSR count). The van der Waals surface area contributed by atoms with Gasteiger partial charge in [0.05, 0.1) is 11.8 Å². The Morgan fingerprint density at radius 1 is 1.35 bits per heavy atom. The zero-order valence-corrected chi connectivity index (χ0v) is 10.9. The molecular weight excluding hydrogens is 214 g/mol. The fourth-order valence-electron chi connectivity index (χ4n) is 3.31. The Balaban J connectivity index is 2.27. The second-order valence-electron chi connectivity index (χ2n) is 4.90. The van der Waals surface area contributed by atoms with E-state index in [4.69, 9.17) is 4.42 Å². The van der Waals surface area contributed by atoms with E-state index in [-0.39, 0.29) is 5.54 Å². The highest BCUT2D eigenvalue weighted by atomic mass is 16.4. The molecule has 3 heteroatoms. The molecular formula is C14H23NO2. The largest absolute Gasteiger partial charge is 0.467 e. The van der Waals surface area contributed by atoms with Gasteiger partial charge in [-0.3, -0.25) is 4.90 Å². The molecule has 1 atom stereocenters. The first-order valence-electron chi connectivity index (χ1n) is 6.71. The van der Waals surface area contributed by atoms with Crippen LogP contribution in [0.1, 0.15) is 51.4 Å². The molecule has 1 saturated carbocycles. The van der Waals surface area contributed by atoms with Gasteiger partial charge in [0, 0.05) is 0 Å². The Kier molecular flexibility index (Phi) is 3.89. The lowest BCUT2D eigenvalue weighted by atomic mass is 9.86. The zero-order valence-electron chi connectivity index (χ0n) is 10.9. The fraction of sp³-hybridized carbons (Fsp3) is 0.714. The van der Waals surface area contributed by atoms with Gasteiger partial charge in [-0.05, 0) is 38.1 Å². The number of aliphatic hydroxyl groups is 1. The van der Waals surface area contributed by atoms with Gasteiger partial charge in [0.25, 0.3) is 0 Å². The van der Waals surface area contributed by atoms with E-state index in [9.17, 15) is 5.11 Å². The molecule has 1 aromatic rings. The third-order valence-electron chi connectivity index (χ3n) is 4.18. The summed E-state index contributed by atoms with van der Waals surface area (Å²) in [6.07, 6.45) is 5.68. The molecule has 1 aliphatic rings. The minimum absolute atomic E-state index is 0.110. The summed E-state index contributed by atoms with van der Waals surface area (Å²) >= 11 is 0. The van der Waals surface area contributed by atoms with Crippen molar-refractivity contribution >= 4 is 0 Å². The van der Waals surface area contributed by atoms with Crippen molar-refractivity contribution in [2.24, 2.45) is 0 Å². The number of hydrogen-bond donors (Lipinski definition) is 1. The Bertz CT molecular complexity index is 324. The van der Waals surface area contributed by atoms with Crippen molar-refractivity contribution in [1.29, 1.82) is 0 Å². The van der Waals surface area contributed by atoms with Gasteiger partial charge in [-0.1, -0.05) is 26.7 Å². The summed E-state index contributed by atoms with van der Waals surface area (Å²) < 4.78 is 5.40. The van der Waals surface area contributed by atoms with Crippen LogP contribution in [0.25, 0.3) is 0 Å². The number of nitrogens with zero attached hydrogens (tertiary/aromatic N) is 1. The molecule has 17 heavy (non-hydrogen) atoms. The van der Waals surface area contributed by atoms with Crippen molar-refractivity contribution in [1.82, 2.24) is 4.90 Å². The summed E-state index contributed by atoms with van der Waals surface area (Å²) in [4.78, 5) is 2.40. The van der Waals surface area contributed by atoms with Gasteiger partial charge in [-0.2, -0.15) is 0 Å². The minimum atomic E-state index is -0.500. The van der Waals surface area contributed by atoms with E-state index in [0.29, 0.717) is 5.76 Å². The molecule has 0 spiro atoms. The van der Waals surface area contributed by atoms with Gasteiger partial charge in [-0.15, -0.1) is 0 Å². The lowest BCUT2D eigenvalue weighted by Crippen LogP contribution is -2.50. The number of likely N-dealkylation sites (N-methyl/N-ethyl adjacent to an activating group) is 1. The van der Waals surface area contributed by atoms with Crippen LogP contribution in [0.5, 0.6) is 0 Å². The van der Waals surface area contributed by atoms with Crippen LogP contribution in [-0.2, 0) is 0 Å². The van der Waals surface area contributed by atoms with E-state index in [1.165, 1.54) is 12.8 Å². The summed E-state index contributed by atoms with van der Waals surface area (Å²) in [6.45, 7) is 6.29. The summed E-state index contributed by atoms with van der Waals surface area (Å²) in [5.74, 6) is 0.707. The topological polar surface area (TPSA) is 36.6 Å². The van der Waals surface area contributed by atoms with Gasteiger partial charge < -0.3 is 9.52 Å². The molecule has 3 nitrogen and oxygen atoms in total. The summed E-state index contributed by atoms with van der Waals surface area (Å²) in [6, 6.07) is 3.73. The molecule has 1 fully saturated rings. The van der Waals surface area contributed by atoms with E-state index < -0.39 is 6.10 Å². The van der Waals surface area contributed by atoms with Gasteiger partial charge in [0.1, 0.15) is 11.9 Å². The van der Waals surface area contributed by atoms with Gasteiger partial charge in [-0.25, -0.2) is 0 Å². The Hall–Kier alpha value is -0.800. The second-order valence-corrected chi connectivity index (χ2v) is 4.90. The first kappa shape index (κ1) is 12.7. The van der Waals surface area contributed by atoms with Gasteiger partial charge in [0.2, 0.25) is 0 Å². The van der Waals surface area contributed by atoms with Crippen LogP contribution in [0, 0.1) is 0 Å². The smallest absolute Gasteiger partial charge is 0.134 e. The highest BCUT2D eigenvalue weighted by Crippen LogP contribution is 2.44. The number of furan rings is 1. The molecule has 1 aliphatic carbocycles. The fourth-order valence-corrected chi connectivity index (χ4v) is 3.31. The minimum Gasteiger partial charge on any atom is -0.467 e. The molecule has 0 radical (unpaired) electrons. The zero-order chi connectivity index (χ0) is 12.3. The van der Waals surface area contributed by atoms with Crippen molar-refractivity contribution in [3.05, 3.63) is 24.2 Å². The molecule has 1 heterocycles. The van der Waals surface area contributed by atoms with Crippen LogP contribution in [0.3, 0.4) is 0 Å².